The highest BCUT2D eigenvalue weighted by Crippen LogP contribution is 2.30. The Hall–Kier alpha value is -2.79. The zero-order valence-electron chi connectivity index (χ0n) is 14.7. The molecule has 0 saturated heterocycles. The summed E-state index contributed by atoms with van der Waals surface area (Å²) in [4.78, 5) is 24.7. The number of esters is 1. The molecule has 1 heterocycles. The molecule has 3 rings (SSSR count). The normalized spacial score (nSPS) is 10.8. The van der Waals surface area contributed by atoms with Gasteiger partial charge in [-0.2, -0.15) is 0 Å². The molecule has 3 aromatic rings. The summed E-state index contributed by atoms with van der Waals surface area (Å²) >= 11 is 6.22. The topological polar surface area (TPSA) is 57.5 Å². The van der Waals surface area contributed by atoms with Crippen LogP contribution in [-0.2, 0) is 4.74 Å². The van der Waals surface area contributed by atoms with E-state index >= 15 is 0 Å². The van der Waals surface area contributed by atoms with Crippen molar-refractivity contribution in [3.8, 4) is 5.75 Å². The summed E-state index contributed by atoms with van der Waals surface area (Å²) in [6, 6.07) is 10.9. The molecule has 26 heavy (non-hydrogen) atoms. The maximum Gasteiger partial charge on any atom is 0.340 e. The minimum atomic E-state index is -0.494. The van der Waals surface area contributed by atoms with Crippen molar-refractivity contribution >= 4 is 34.4 Å². The number of halogens is 1. The van der Waals surface area contributed by atoms with E-state index in [4.69, 9.17) is 21.1 Å². The largest absolute Gasteiger partial charge is 0.482 e. The van der Waals surface area contributed by atoms with Crippen molar-refractivity contribution in [3.05, 3.63) is 64.3 Å². The van der Waals surface area contributed by atoms with E-state index in [1.165, 1.54) is 17.9 Å². The molecule has 5 nitrogen and oxygen atoms in total. The quantitative estimate of drug-likeness (QED) is 0.637. The molecular weight excluding hydrogens is 354 g/mol. The number of benzene rings is 2. The van der Waals surface area contributed by atoms with Crippen LogP contribution in [0.3, 0.4) is 0 Å². The van der Waals surface area contributed by atoms with Gasteiger partial charge in [0.25, 0.3) is 5.91 Å². The lowest BCUT2D eigenvalue weighted by Gasteiger charge is -2.12. The molecule has 6 heteroatoms. The Bertz CT molecular complexity index is 983. The fourth-order valence-corrected chi connectivity index (χ4v) is 3.32. The fraction of sp³-hybridized carbons (Fsp3) is 0.200. The summed E-state index contributed by atoms with van der Waals surface area (Å²) in [6.45, 7) is 3.61. The van der Waals surface area contributed by atoms with Crippen molar-refractivity contribution in [1.82, 2.24) is 4.57 Å². The molecule has 1 aromatic heterocycles. The van der Waals surface area contributed by atoms with Crippen LogP contribution in [0.25, 0.3) is 10.9 Å². The summed E-state index contributed by atoms with van der Waals surface area (Å²) in [6.07, 6.45) is 1.48. The van der Waals surface area contributed by atoms with E-state index in [1.54, 1.807) is 30.3 Å². The zero-order valence-corrected chi connectivity index (χ0v) is 15.5. The van der Waals surface area contributed by atoms with Gasteiger partial charge in [0.1, 0.15) is 5.75 Å². The third-order valence-electron chi connectivity index (χ3n) is 4.10. The number of ether oxygens (including phenoxy) is 2. The number of hydrogen-bond acceptors (Lipinski definition) is 4. The molecular formula is C20H18ClNO4. The fourth-order valence-electron chi connectivity index (χ4n) is 2.95. The Morgan fingerprint density at radius 1 is 1.15 bits per heavy atom. The van der Waals surface area contributed by atoms with Gasteiger partial charge in [0.05, 0.1) is 23.2 Å². The number of aromatic nitrogens is 1. The number of fused-ring (bicyclic) bond motifs is 1. The van der Waals surface area contributed by atoms with E-state index in [0.717, 1.165) is 11.1 Å². The molecule has 0 aliphatic heterocycles. The van der Waals surface area contributed by atoms with Crippen LogP contribution in [0.1, 0.15) is 26.3 Å². The van der Waals surface area contributed by atoms with Gasteiger partial charge in [-0.15, -0.1) is 0 Å². The van der Waals surface area contributed by atoms with Crippen LogP contribution in [0.4, 0.5) is 0 Å². The SMILES string of the molecule is COC(=O)c1cn(C(=O)COc2c(C)cc(C)cc2Cl)c2ccccc12. The lowest BCUT2D eigenvalue weighted by molar-refractivity contribution is 0.0603. The van der Waals surface area contributed by atoms with Gasteiger partial charge in [0.2, 0.25) is 0 Å². The van der Waals surface area contributed by atoms with E-state index in [0.29, 0.717) is 27.2 Å². The van der Waals surface area contributed by atoms with Gasteiger partial charge < -0.3 is 9.47 Å². The summed E-state index contributed by atoms with van der Waals surface area (Å²) in [5.41, 5.74) is 2.83. The second-order valence-corrected chi connectivity index (χ2v) is 6.40. The van der Waals surface area contributed by atoms with Crippen LogP contribution < -0.4 is 4.74 Å². The highest BCUT2D eigenvalue weighted by Gasteiger charge is 2.19. The van der Waals surface area contributed by atoms with E-state index in [2.05, 4.69) is 0 Å². The molecule has 0 amide bonds. The second kappa shape index (κ2) is 7.22. The van der Waals surface area contributed by atoms with Crippen LogP contribution in [-0.4, -0.2) is 30.2 Å². The van der Waals surface area contributed by atoms with Crippen molar-refractivity contribution in [1.29, 1.82) is 0 Å². The Morgan fingerprint density at radius 2 is 1.88 bits per heavy atom. The van der Waals surface area contributed by atoms with E-state index < -0.39 is 5.97 Å². The molecule has 134 valence electrons. The molecule has 0 aliphatic rings. The van der Waals surface area contributed by atoms with Gasteiger partial charge in [-0.25, -0.2) is 4.79 Å². The minimum absolute atomic E-state index is 0.205. The van der Waals surface area contributed by atoms with Gasteiger partial charge >= 0.3 is 5.97 Å². The van der Waals surface area contributed by atoms with Gasteiger partial charge in [0.15, 0.2) is 6.61 Å². The molecule has 0 saturated carbocycles. The number of aryl methyl sites for hydroxylation is 2. The predicted octanol–water partition coefficient (Wildman–Crippen LogP) is 4.42. The molecule has 0 atom stereocenters. The highest BCUT2D eigenvalue weighted by atomic mass is 35.5. The molecule has 0 fully saturated rings. The van der Waals surface area contributed by atoms with Gasteiger partial charge in [-0.3, -0.25) is 9.36 Å². The minimum Gasteiger partial charge on any atom is -0.482 e. The van der Waals surface area contributed by atoms with E-state index in [9.17, 15) is 9.59 Å². The number of nitrogens with zero attached hydrogens (tertiary/aromatic N) is 1. The standard InChI is InChI=1S/C20H18ClNO4/c1-12-8-13(2)19(16(21)9-12)26-11-18(23)22-10-15(20(24)25-3)14-6-4-5-7-17(14)22/h4-10H,11H2,1-3H3. The highest BCUT2D eigenvalue weighted by molar-refractivity contribution is 6.32. The van der Waals surface area contributed by atoms with Crippen molar-refractivity contribution < 1.29 is 19.1 Å². The molecule has 0 spiro atoms. The van der Waals surface area contributed by atoms with Crippen molar-refractivity contribution in [2.75, 3.05) is 13.7 Å². The van der Waals surface area contributed by atoms with Crippen molar-refractivity contribution in [2.45, 2.75) is 13.8 Å². The summed E-state index contributed by atoms with van der Waals surface area (Å²) in [5, 5.41) is 1.11. The first kappa shape index (κ1) is 18.0. The second-order valence-electron chi connectivity index (χ2n) is 6.00. The maximum absolute atomic E-state index is 12.7. The monoisotopic (exact) mass is 371 g/mol. The number of methoxy groups -OCH3 is 1. The van der Waals surface area contributed by atoms with Crippen LogP contribution in [0, 0.1) is 13.8 Å². The van der Waals surface area contributed by atoms with E-state index in [-0.39, 0.29) is 12.5 Å². The number of para-hydroxylation sites is 1. The first-order valence-corrected chi connectivity index (χ1v) is 8.41. The van der Waals surface area contributed by atoms with Gasteiger partial charge in [-0.05, 0) is 37.1 Å². The Morgan fingerprint density at radius 3 is 2.58 bits per heavy atom. The van der Waals surface area contributed by atoms with E-state index in [1.807, 2.05) is 19.9 Å². The molecule has 0 unspecified atom stereocenters. The zero-order chi connectivity index (χ0) is 18.8. The lowest BCUT2D eigenvalue weighted by Crippen LogP contribution is -2.19. The Balaban J connectivity index is 1.91. The molecule has 2 aromatic carbocycles. The van der Waals surface area contributed by atoms with Crippen LogP contribution in [0.15, 0.2) is 42.6 Å². The third-order valence-corrected chi connectivity index (χ3v) is 4.38. The molecule has 0 aliphatic carbocycles. The Kier molecular flexibility index (Phi) is 5.00. The van der Waals surface area contributed by atoms with Crippen molar-refractivity contribution in [2.24, 2.45) is 0 Å². The average Bonchev–Trinajstić information content (AvgIpc) is 2.99. The van der Waals surface area contributed by atoms with Gasteiger partial charge in [0, 0.05) is 11.6 Å². The van der Waals surface area contributed by atoms with Crippen LogP contribution in [0.2, 0.25) is 5.02 Å². The molecule has 0 bridgehead atoms. The predicted molar refractivity (Wildman–Crippen MR) is 100 cm³/mol. The van der Waals surface area contributed by atoms with Crippen LogP contribution in [0.5, 0.6) is 5.75 Å². The smallest absolute Gasteiger partial charge is 0.340 e. The van der Waals surface area contributed by atoms with Crippen LogP contribution >= 0.6 is 11.6 Å². The number of hydrogen-bond donors (Lipinski definition) is 0. The van der Waals surface area contributed by atoms with Gasteiger partial charge in [-0.1, -0.05) is 35.9 Å². The molecule has 0 N–H and O–H groups in total. The maximum atomic E-state index is 12.7. The lowest BCUT2D eigenvalue weighted by atomic mass is 10.1. The molecule has 0 radical (unpaired) electrons. The first-order chi connectivity index (χ1) is 12.4. The summed E-state index contributed by atoms with van der Waals surface area (Å²) in [5.74, 6) is -0.325. The summed E-state index contributed by atoms with van der Waals surface area (Å²) < 4.78 is 11.9. The average molecular weight is 372 g/mol. The summed E-state index contributed by atoms with van der Waals surface area (Å²) in [7, 11) is 1.31. The Labute approximate surface area is 156 Å². The first-order valence-electron chi connectivity index (χ1n) is 8.03. The number of rotatable bonds is 4. The third kappa shape index (κ3) is 3.30. The number of carbonyl (C=O) groups excluding carboxylic acids is 2. The number of carbonyl (C=O) groups is 2. The van der Waals surface area contributed by atoms with Crippen molar-refractivity contribution in [3.63, 3.8) is 0 Å².